The van der Waals surface area contributed by atoms with Gasteiger partial charge in [0.25, 0.3) is 0 Å². The highest BCUT2D eigenvalue weighted by Crippen LogP contribution is 2.28. The molecule has 0 aliphatic heterocycles. The summed E-state index contributed by atoms with van der Waals surface area (Å²) in [5.74, 6) is -0.406. The quantitative estimate of drug-likeness (QED) is 0.854. The zero-order chi connectivity index (χ0) is 14.0. The molecule has 2 nitrogen and oxygen atoms in total. The van der Waals surface area contributed by atoms with Gasteiger partial charge in [-0.2, -0.15) is 0 Å². The zero-order valence-corrected chi connectivity index (χ0v) is 11.8. The lowest BCUT2D eigenvalue weighted by Gasteiger charge is -2.22. The summed E-state index contributed by atoms with van der Waals surface area (Å²) >= 11 is 11.7. The maximum atomic E-state index is 13.8. The minimum absolute atomic E-state index is 0.116. The molecule has 0 unspecified atom stereocenters. The van der Waals surface area contributed by atoms with Gasteiger partial charge in [-0.1, -0.05) is 35.3 Å². The molecule has 0 aromatic heterocycles. The Balaban J connectivity index is 2.28. The van der Waals surface area contributed by atoms with Crippen molar-refractivity contribution < 1.29 is 4.39 Å². The van der Waals surface area contributed by atoms with Crippen LogP contribution in [0.4, 0.5) is 15.8 Å². The van der Waals surface area contributed by atoms with Gasteiger partial charge < -0.3 is 10.6 Å². The normalized spacial score (nSPS) is 10.5. The van der Waals surface area contributed by atoms with Crippen LogP contribution < -0.4 is 10.6 Å². The Kier molecular flexibility index (Phi) is 4.17. The lowest BCUT2D eigenvalue weighted by atomic mass is 10.2. The second-order valence-corrected chi connectivity index (χ2v) is 5.12. The Morgan fingerprint density at radius 3 is 2.68 bits per heavy atom. The first kappa shape index (κ1) is 14.0. The van der Waals surface area contributed by atoms with Crippen LogP contribution in [0.5, 0.6) is 0 Å². The van der Waals surface area contributed by atoms with E-state index in [4.69, 9.17) is 28.9 Å². The van der Waals surface area contributed by atoms with Crippen molar-refractivity contribution in [3.63, 3.8) is 0 Å². The van der Waals surface area contributed by atoms with E-state index in [0.717, 1.165) is 5.69 Å². The molecule has 0 aliphatic carbocycles. The van der Waals surface area contributed by atoms with E-state index in [-0.39, 0.29) is 5.02 Å². The van der Waals surface area contributed by atoms with E-state index in [1.807, 2.05) is 11.9 Å². The van der Waals surface area contributed by atoms with E-state index < -0.39 is 5.82 Å². The topological polar surface area (TPSA) is 29.3 Å². The van der Waals surface area contributed by atoms with E-state index in [1.165, 1.54) is 6.07 Å². The van der Waals surface area contributed by atoms with Gasteiger partial charge in [0.1, 0.15) is 5.82 Å². The number of rotatable bonds is 3. The Bertz CT molecular complexity index is 602. The second-order valence-electron chi connectivity index (χ2n) is 4.27. The van der Waals surface area contributed by atoms with Gasteiger partial charge in [-0.3, -0.25) is 0 Å². The third-order valence-corrected chi connectivity index (χ3v) is 3.37. The van der Waals surface area contributed by atoms with Crippen molar-refractivity contribution in [1.82, 2.24) is 0 Å². The predicted molar refractivity (Wildman–Crippen MR) is 79.4 cm³/mol. The molecular weight excluding hydrogens is 286 g/mol. The molecule has 2 aromatic carbocycles. The summed E-state index contributed by atoms with van der Waals surface area (Å²) in [5, 5.41) is 0.701. The Morgan fingerprint density at radius 2 is 1.95 bits per heavy atom. The van der Waals surface area contributed by atoms with E-state index in [9.17, 15) is 4.39 Å². The molecule has 0 fully saturated rings. The number of halogens is 3. The van der Waals surface area contributed by atoms with Crippen molar-refractivity contribution in [3.8, 4) is 0 Å². The molecule has 0 bridgehead atoms. The first-order chi connectivity index (χ1) is 8.99. The lowest BCUT2D eigenvalue weighted by Crippen LogP contribution is -2.18. The number of hydrogen-bond donors (Lipinski definition) is 1. The molecule has 0 saturated heterocycles. The largest absolute Gasteiger partial charge is 0.397 e. The van der Waals surface area contributed by atoms with Crippen LogP contribution in [0.2, 0.25) is 10.0 Å². The lowest BCUT2D eigenvalue weighted by molar-refractivity contribution is 0.608. The van der Waals surface area contributed by atoms with Crippen molar-refractivity contribution in [2.45, 2.75) is 6.54 Å². The highest BCUT2D eigenvalue weighted by molar-refractivity contribution is 6.31. The molecule has 5 heteroatoms. The van der Waals surface area contributed by atoms with Crippen LogP contribution in [0.1, 0.15) is 5.56 Å². The molecule has 0 heterocycles. The number of nitrogens with two attached hydrogens (primary N) is 1. The molecular formula is C14H13Cl2FN2. The first-order valence-electron chi connectivity index (χ1n) is 5.68. The average Bonchev–Trinajstić information content (AvgIpc) is 2.38. The van der Waals surface area contributed by atoms with Crippen LogP contribution in [0.15, 0.2) is 36.4 Å². The molecule has 19 heavy (non-hydrogen) atoms. The van der Waals surface area contributed by atoms with Crippen molar-refractivity contribution >= 4 is 34.6 Å². The summed E-state index contributed by atoms with van der Waals surface area (Å²) in [6, 6.07) is 10.1. The fourth-order valence-corrected chi connectivity index (χ4v) is 2.22. The van der Waals surface area contributed by atoms with Gasteiger partial charge >= 0.3 is 0 Å². The summed E-state index contributed by atoms with van der Waals surface area (Å²) < 4.78 is 13.8. The highest BCUT2D eigenvalue weighted by atomic mass is 35.5. The summed E-state index contributed by atoms with van der Waals surface area (Å²) in [6.45, 7) is 0.358. The van der Waals surface area contributed by atoms with E-state index in [2.05, 4.69) is 0 Å². The fraction of sp³-hybridized carbons (Fsp3) is 0.143. The molecule has 0 atom stereocenters. The van der Waals surface area contributed by atoms with Gasteiger partial charge in [0.2, 0.25) is 0 Å². The third-order valence-electron chi connectivity index (χ3n) is 2.84. The SMILES string of the molecule is CN(Cc1cccc(Cl)c1F)c1cc(Cl)ccc1N. The average molecular weight is 299 g/mol. The summed E-state index contributed by atoms with van der Waals surface area (Å²) in [6.07, 6.45) is 0. The maximum absolute atomic E-state index is 13.8. The Morgan fingerprint density at radius 1 is 1.21 bits per heavy atom. The van der Waals surface area contributed by atoms with Crippen molar-refractivity contribution in [2.24, 2.45) is 0 Å². The number of benzene rings is 2. The van der Waals surface area contributed by atoms with Crippen LogP contribution in [0.3, 0.4) is 0 Å². The van der Waals surface area contributed by atoms with Crippen LogP contribution in [0, 0.1) is 5.82 Å². The van der Waals surface area contributed by atoms with E-state index in [1.54, 1.807) is 30.3 Å². The number of nitrogens with zero attached hydrogens (tertiary/aromatic N) is 1. The van der Waals surface area contributed by atoms with Crippen LogP contribution in [0.25, 0.3) is 0 Å². The van der Waals surface area contributed by atoms with Crippen molar-refractivity contribution in [1.29, 1.82) is 0 Å². The molecule has 0 radical (unpaired) electrons. The van der Waals surface area contributed by atoms with Gasteiger partial charge in [-0.15, -0.1) is 0 Å². The van der Waals surface area contributed by atoms with Gasteiger partial charge in [0.15, 0.2) is 0 Å². The van der Waals surface area contributed by atoms with Gasteiger partial charge in [0, 0.05) is 24.2 Å². The summed E-state index contributed by atoms with van der Waals surface area (Å²) in [4.78, 5) is 1.83. The van der Waals surface area contributed by atoms with Crippen LogP contribution >= 0.6 is 23.2 Å². The standard InChI is InChI=1S/C14H13Cl2FN2/c1-19(13-7-10(15)5-6-12(13)18)8-9-3-2-4-11(16)14(9)17/h2-7H,8,18H2,1H3. The van der Waals surface area contributed by atoms with E-state index >= 15 is 0 Å². The Hall–Kier alpha value is -1.45. The summed E-state index contributed by atoms with van der Waals surface area (Å²) in [5.41, 5.74) is 7.75. The molecule has 0 aliphatic rings. The molecule has 100 valence electrons. The van der Waals surface area contributed by atoms with Gasteiger partial charge in [-0.25, -0.2) is 4.39 Å². The number of anilines is 2. The third kappa shape index (κ3) is 3.11. The van der Waals surface area contributed by atoms with Gasteiger partial charge in [0.05, 0.1) is 16.4 Å². The molecule has 0 spiro atoms. The summed E-state index contributed by atoms with van der Waals surface area (Å²) in [7, 11) is 1.82. The monoisotopic (exact) mass is 298 g/mol. The number of hydrogen-bond acceptors (Lipinski definition) is 2. The van der Waals surface area contributed by atoms with Crippen molar-refractivity contribution in [3.05, 3.63) is 57.8 Å². The molecule has 2 rings (SSSR count). The van der Waals surface area contributed by atoms with Crippen LogP contribution in [-0.2, 0) is 6.54 Å². The smallest absolute Gasteiger partial charge is 0.146 e. The predicted octanol–water partition coefficient (Wildman–Crippen LogP) is 4.35. The number of nitrogen functional groups attached to an aromatic ring is 1. The first-order valence-corrected chi connectivity index (χ1v) is 6.43. The minimum atomic E-state index is -0.406. The minimum Gasteiger partial charge on any atom is -0.397 e. The molecule has 0 amide bonds. The zero-order valence-electron chi connectivity index (χ0n) is 10.3. The maximum Gasteiger partial charge on any atom is 0.146 e. The van der Waals surface area contributed by atoms with Crippen LogP contribution in [-0.4, -0.2) is 7.05 Å². The Labute approximate surface area is 121 Å². The highest BCUT2D eigenvalue weighted by Gasteiger charge is 2.11. The van der Waals surface area contributed by atoms with Crippen molar-refractivity contribution in [2.75, 3.05) is 17.7 Å². The van der Waals surface area contributed by atoms with E-state index in [0.29, 0.717) is 22.8 Å². The fourth-order valence-electron chi connectivity index (χ4n) is 1.86. The second kappa shape index (κ2) is 5.68. The molecule has 2 aromatic rings. The van der Waals surface area contributed by atoms with Gasteiger partial charge in [-0.05, 0) is 24.3 Å². The molecule has 0 saturated carbocycles. The molecule has 2 N–H and O–H groups in total.